The van der Waals surface area contributed by atoms with Gasteiger partial charge in [-0.05, 0) is 26.0 Å². The molecule has 1 aromatic rings. The van der Waals surface area contributed by atoms with Crippen molar-refractivity contribution in [2.45, 2.75) is 19.4 Å². The van der Waals surface area contributed by atoms with E-state index in [0.29, 0.717) is 0 Å². The van der Waals surface area contributed by atoms with E-state index in [2.05, 4.69) is 0 Å². The predicted molar refractivity (Wildman–Crippen MR) is 61.1 cm³/mol. The molecular formula is C13H17N. The SMILES string of the molecule is [2H]c1c([2H])c([2H])c(C[C@@H](C)N(C)C([2H])([2H])C#C)c([2H])c1[2H]. The maximum absolute atomic E-state index is 7.85. The standard InChI is InChI=1S/C13H17N/c1-4-10-14(3)12(2)11-13-8-6-5-7-9-13/h1,5-9,12H,10-11H2,2-3H3/t12-/m1/s1/i5D,6D,7D,8D,9D,10D2. The average Bonchev–Trinajstić information content (AvgIpc) is 2.46. The van der Waals surface area contributed by atoms with Crippen LogP contribution in [-0.2, 0) is 6.42 Å². The van der Waals surface area contributed by atoms with E-state index < -0.39 is 18.6 Å². The number of terminal acetylenes is 1. The van der Waals surface area contributed by atoms with E-state index in [1.54, 1.807) is 6.92 Å². The van der Waals surface area contributed by atoms with Gasteiger partial charge in [-0.15, -0.1) is 6.42 Å². The van der Waals surface area contributed by atoms with E-state index in [1.165, 1.54) is 11.9 Å². The molecule has 0 fully saturated rings. The van der Waals surface area contributed by atoms with Crippen LogP contribution in [0.15, 0.2) is 30.2 Å². The van der Waals surface area contributed by atoms with Crippen molar-refractivity contribution in [3.63, 3.8) is 0 Å². The number of hydrogen-bond donors (Lipinski definition) is 0. The molecule has 0 aliphatic carbocycles. The lowest BCUT2D eigenvalue weighted by Gasteiger charge is -2.22. The Kier molecular flexibility index (Phi) is 1.76. The summed E-state index contributed by atoms with van der Waals surface area (Å²) in [6.45, 7) is -0.275. The van der Waals surface area contributed by atoms with Crippen LogP contribution in [0.4, 0.5) is 0 Å². The number of rotatable bonds is 4. The molecule has 1 nitrogen and oxygen atoms in total. The van der Waals surface area contributed by atoms with Crippen molar-refractivity contribution >= 4 is 0 Å². The minimum absolute atomic E-state index is 0.105. The van der Waals surface area contributed by atoms with Gasteiger partial charge in [0.15, 0.2) is 0 Å². The Bertz CT molecular complexity index is 562. The Hall–Kier alpha value is -1.26. The highest BCUT2D eigenvalue weighted by Gasteiger charge is 2.07. The molecule has 1 heteroatoms. The molecule has 1 rings (SSSR count). The molecule has 0 radical (unpaired) electrons. The number of benzene rings is 1. The molecule has 0 aromatic heterocycles. The van der Waals surface area contributed by atoms with Gasteiger partial charge in [0, 0.05) is 6.04 Å². The molecule has 1 atom stereocenters. The van der Waals surface area contributed by atoms with Gasteiger partial charge in [-0.2, -0.15) is 0 Å². The molecule has 74 valence electrons. The second-order valence-electron chi connectivity index (χ2n) is 3.02. The van der Waals surface area contributed by atoms with Crippen LogP contribution in [0.5, 0.6) is 0 Å². The molecule has 0 saturated carbocycles. The molecule has 0 spiro atoms. The second-order valence-corrected chi connectivity index (χ2v) is 3.02. The highest BCUT2D eigenvalue weighted by molar-refractivity contribution is 5.15. The topological polar surface area (TPSA) is 3.24 Å². The molecule has 0 saturated heterocycles. The summed E-state index contributed by atoms with van der Waals surface area (Å²) in [5.74, 6) is 2.03. The van der Waals surface area contributed by atoms with Crippen molar-refractivity contribution in [2.24, 2.45) is 0 Å². The van der Waals surface area contributed by atoms with E-state index in [0.717, 1.165) is 0 Å². The summed E-state index contributed by atoms with van der Waals surface area (Å²) in [6, 6.07) is -2.17. The van der Waals surface area contributed by atoms with Gasteiger partial charge in [0.05, 0.1) is 16.1 Å². The van der Waals surface area contributed by atoms with Crippen LogP contribution in [0.25, 0.3) is 0 Å². The zero-order valence-corrected chi connectivity index (χ0v) is 8.31. The summed E-state index contributed by atoms with van der Waals surface area (Å²) in [5.41, 5.74) is 0.160. The second kappa shape index (κ2) is 5.47. The largest absolute Gasteiger partial charge is 0.292 e. The minimum atomic E-state index is -1.97. The molecule has 0 unspecified atom stereocenters. The number of nitrogens with zero attached hydrogens (tertiary/aromatic N) is 1. The van der Waals surface area contributed by atoms with Crippen molar-refractivity contribution in [3.05, 3.63) is 35.8 Å². The molecule has 0 aliphatic rings. The fourth-order valence-electron chi connectivity index (χ4n) is 1.02. The first-order chi connectivity index (χ1) is 9.54. The van der Waals surface area contributed by atoms with E-state index in [1.807, 2.05) is 5.92 Å². The van der Waals surface area contributed by atoms with Crippen LogP contribution in [0.1, 0.15) is 22.1 Å². The summed E-state index contributed by atoms with van der Waals surface area (Å²) in [7, 11) is 1.50. The van der Waals surface area contributed by atoms with Gasteiger partial charge in [-0.3, -0.25) is 4.90 Å². The Morgan fingerprint density at radius 1 is 1.57 bits per heavy atom. The zero-order chi connectivity index (χ0) is 16.5. The lowest BCUT2D eigenvalue weighted by Crippen LogP contribution is -2.31. The van der Waals surface area contributed by atoms with Crippen LogP contribution in [-0.4, -0.2) is 24.5 Å². The Balaban J connectivity index is 3.19. The summed E-state index contributed by atoms with van der Waals surface area (Å²) in [4.78, 5) is 1.30. The van der Waals surface area contributed by atoms with Gasteiger partial charge in [0.2, 0.25) is 0 Å². The summed E-state index contributed by atoms with van der Waals surface area (Å²) < 4.78 is 53.8. The Labute approximate surface area is 96.6 Å². The van der Waals surface area contributed by atoms with E-state index in [9.17, 15) is 0 Å². The number of likely N-dealkylation sites (N-methyl/N-ethyl adjacent to an activating group) is 1. The molecule has 0 N–H and O–H groups in total. The summed E-state index contributed by atoms with van der Waals surface area (Å²) >= 11 is 0. The van der Waals surface area contributed by atoms with Crippen LogP contribution in [0.2, 0.25) is 0 Å². The fourth-order valence-corrected chi connectivity index (χ4v) is 1.02. The van der Waals surface area contributed by atoms with Crippen LogP contribution in [0.3, 0.4) is 0 Å². The lowest BCUT2D eigenvalue weighted by atomic mass is 10.1. The maximum atomic E-state index is 7.85. The van der Waals surface area contributed by atoms with Gasteiger partial charge in [-0.25, -0.2) is 0 Å². The smallest absolute Gasteiger partial charge is 0.0626 e. The molecule has 0 amide bonds. The van der Waals surface area contributed by atoms with Gasteiger partial charge in [0.1, 0.15) is 0 Å². The Morgan fingerprint density at radius 3 is 2.79 bits per heavy atom. The summed E-state index contributed by atoms with van der Waals surface area (Å²) in [6.07, 6.45) is 5.25. The third kappa shape index (κ3) is 3.24. The first-order valence-corrected chi connectivity index (χ1v) is 4.31. The highest BCUT2D eigenvalue weighted by Crippen LogP contribution is 2.06. The average molecular weight is 194 g/mol. The first-order valence-electron chi connectivity index (χ1n) is 7.81. The van der Waals surface area contributed by atoms with E-state index in [-0.39, 0.29) is 36.2 Å². The Morgan fingerprint density at radius 2 is 2.21 bits per heavy atom. The zero-order valence-electron chi connectivity index (χ0n) is 15.3. The quantitative estimate of drug-likeness (QED) is 0.664. The predicted octanol–water partition coefficient (Wildman–Crippen LogP) is 2.18. The van der Waals surface area contributed by atoms with Crippen LogP contribution in [0, 0.1) is 12.3 Å². The third-order valence-electron chi connectivity index (χ3n) is 1.95. The van der Waals surface area contributed by atoms with E-state index in [4.69, 9.17) is 16.0 Å². The molecule has 0 aliphatic heterocycles. The van der Waals surface area contributed by atoms with Crippen LogP contribution < -0.4 is 0 Å². The normalized spacial score (nSPS) is 20.6. The van der Waals surface area contributed by atoms with Gasteiger partial charge in [-0.1, -0.05) is 36.1 Å². The number of hydrogen-bond acceptors (Lipinski definition) is 1. The van der Waals surface area contributed by atoms with Gasteiger partial charge >= 0.3 is 0 Å². The van der Waals surface area contributed by atoms with Crippen LogP contribution >= 0.6 is 0 Å². The molecule has 0 heterocycles. The molecular weight excluding hydrogens is 170 g/mol. The summed E-state index contributed by atoms with van der Waals surface area (Å²) in [5, 5.41) is 0. The maximum Gasteiger partial charge on any atom is 0.0626 e. The van der Waals surface area contributed by atoms with Crippen molar-refractivity contribution in [1.29, 1.82) is 0 Å². The van der Waals surface area contributed by atoms with Crippen molar-refractivity contribution in [3.8, 4) is 12.3 Å². The first kappa shape index (κ1) is 4.51. The van der Waals surface area contributed by atoms with Crippen molar-refractivity contribution < 1.29 is 9.60 Å². The third-order valence-corrected chi connectivity index (χ3v) is 1.95. The lowest BCUT2D eigenvalue weighted by molar-refractivity contribution is 0.287. The fraction of sp³-hybridized carbons (Fsp3) is 0.385. The molecule has 0 bridgehead atoms. The minimum Gasteiger partial charge on any atom is -0.292 e. The highest BCUT2D eigenvalue weighted by atomic mass is 15.1. The van der Waals surface area contributed by atoms with Gasteiger partial charge in [0.25, 0.3) is 0 Å². The molecule has 1 aromatic carbocycles. The van der Waals surface area contributed by atoms with Gasteiger partial charge < -0.3 is 0 Å². The van der Waals surface area contributed by atoms with E-state index >= 15 is 0 Å². The van der Waals surface area contributed by atoms with Crippen molar-refractivity contribution in [1.82, 2.24) is 4.90 Å². The molecule has 14 heavy (non-hydrogen) atoms. The van der Waals surface area contributed by atoms with Crippen molar-refractivity contribution in [2.75, 3.05) is 13.5 Å². The monoisotopic (exact) mass is 194 g/mol.